The van der Waals surface area contributed by atoms with Crippen LogP contribution in [0.25, 0.3) is 0 Å². The maximum atomic E-state index is 11.2. The fourth-order valence-corrected chi connectivity index (χ4v) is 1.15. The van der Waals surface area contributed by atoms with Crippen LogP contribution in [0, 0.1) is 0 Å². The molecule has 1 amide bonds. The highest BCUT2D eigenvalue weighted by Gasteiger charge is 1.99. The highest BCUT2D eigenvalue weighted by atomic mass is 16.5. The van der Waals surface area contributed by atoms with Crippen molar-refractivity contribution < 1.29 is 9.53 Å². The fourth-order valence-electron chi connectivity index (χ4n) is 1.15. The zero-order chi connectivity index (χ0) is 10.9. The quantitative estimate of drug-likeness (QED) is 0.771. The largest absolute Gasteiger partial charge is 0.367 e. The van der Waals surface area contributed by atoms with Gasteiger partial charge in [-0.25, -0.2) is 0 Å². The summed E-state index contributed by atoms with van der Waals surface area (Å²) in [6.45, 7) is 3.36. The molecule has 0 saturated heterocycles. The predicted molar refractivity (Wildman–Crippen MR) is 59.4 cm³/mol. The van der Waals surface area contributed by atoms with Crippen LogP contribution < -0.4 is 5.32 Å². The zero-order valence-electron chi connectivity index (χ0n) is 9.03. The van der Waals surface area contributed by atoms with Crippen molar-refractivity contribution in [1.29, 1.82) is 0 Å². The number of amides is 1. The Morgan fingerprint density at radius 3 is 2.73 bits per heavy atom. The van der Waals surface area contributed by atoms with Gasteiger partial charge >= 0.3 is 0 Å². The lowest BCUT2D eigenvalue weighted by Crippen LogP contribution is -2.28. The molecule has 0 atom stereocenters. The Bertz CT molecular complexity index is 285. The molecular formula is C12H17NO2. The minimum atomic E-state index is -0.0484. The van der Waals surface area contributed by atoms with Crippen molar-refractivity contribution in [3.63, 3.8) is 0 Å². The molecule has 3 nitrogen and oxygen atoms in total. The van der Waals surface area contributed by atoms with E-state index in [1.807, 2.05) is 37.3 Å². The maximum absolute atomic E-state index is 11.2. The predicted octanol–water partition coefficient (Wildman–Crippen LogP) is 1.73. The van der Waals surface area contributed by atoms with Crippen LogP contribution in [0.15, 0.2) is 30.3 Å². The molecule has 1 aromatic carbocycles. The van der Waals surface area contributed by atoms with Gasteiger partial charge in [-0.1, -0.05) is 37.3 Å². The summed E-state index contributed by atoms with van der Waals surface area (Å²) in [5.74, 6) is -0.0484. The third-order valence-corrected chi connectivity index (χ3v) is 1.92. The second kappa shape index (κ2) is 7.01. The van der Waals surface area contributed by atoms with Gasteiger partial charge in [0.15, 0.2) is 0 Å². The van der Waals surface area contributed by atoms with Gasteiger partial charge in [0.2, 0.25) is 5.91 Å². The topological polar surface area (TPSA) is 38.3 Å². The third kappa shape index (κ3) is 5.18. The van der Waals surface area contributed by atoms with E-state index in [-0.39, 0.29) is 12.5 Å². The average molecular weight is 207 g/mol. The first-order chi connectivity index (χ1) is 7.33. The van der Waals surface area contributed by atoms with Crippen molar-refractivity contribution in [2.45, 2.75) is 20.0 Å². The van der Waals surface area contributed by atoms with E-state index in [0.29, 0.717) is 13.2 Å². The van der Waals surface area contributed by atoms with Crippen LogP contribution in [0.4, 0.5) is 0 Å². The number of carbonyl (C=O) groups excluding carboxylic acids is 1. The van der Waals surface area contributed by atoms with Crippen molar-refractivity contribution in [2.75, 3.05) is 13.2 Å². The van der Waals surface area contributed by atoms with Gasteiger partial charge in [-0.2, -0.15) is 0 Å². The summed E-state index contributed by atoms with van der Waals surface area (Å²) in [6.07, 6.45) is 0.949. The van der Waals surface area contributed by atoms with Crippen LogP contribution in [-0.4, -0.2) is 19.1 Å². The second-order valence-corrected chi connectivity index (χ2v) is 3.33. The molecule has 0 spiro atoms. The summed E-state index contributed by atoms with van der Waals surface area (Å²) in [6, 6.07) is 9.82. The second-order valence-electron chi connectivity index (χ2n) is 3.33. The summed E-state index contributed by atoms with van der Waals surface area (Å²) in [7, 11) is 0. The number of carbonyl (C=O) groups is 1. The van der Waals surface area contributed by atoms with E-state index in [9.17, 15) is 4.79 Å². The Labute approximate surface area is 90.4 Å². The molecule has 82 valence electrons. The van der Waals surface area contributed by atoms with Crippen molar-refractivity contribution in [2.24, 2.45) is 0 Å². The van der Waals surface area contributed by atoms with Gasteiger partial charge in [0.25, 0.3) is 0 Å². The molecule has 0 aliphatic carbocycles. The molecule has 1 rings (SSSR count). The molecule has 1 aromatic rings. The minimum absolute atomic E-state index is 0.0484. The van der Waals surface area contributed by atoms with Gasteiger partial charge < -0.3 is 10.1 Å². The number of rotatable bonds is 6. The molecule has 0 radical (unpaired) electrons. The number of hydrogen-bond acceptors (Lipinski definition) is 2. The summed E-state index contributed by atoms with van der Waals surface area (Å²) in [5.41, 5.74) is 1.08. The van der Waals surface area contributed by atoms with E-state index in [1.165, 1.54) is 0 Å². The van der Waals surface area contributed by atoms with Gasteiger partial charge in [0.1, 0.15) is 6.61 Å². The summed E-state index contributed by atoms with van der Waals surface area (Å²) < 4.78 is 5.27. The summed E-state index contributed by atoms with van der Waals surface area (Å²) in [5, 5.41) is 2.75. The Morgan fingerprint density at radius 1 is 1.33 bits per heavy atom. The average Bonchev–Trinajstić information content (AvgIpc) is 2.28. The minimum Gasteiger partial charge on any atom is -0.367 e. The van der Waals surface area contributed by atoms with Crippen LogP contribution in [0.3, 0.4) is 0 Å². The Morgan fingerprint density at radius 2 is 2.07 bits per heavy atom. The molecule has 0 bridgehead atoms. The monoisotopic (exact) mass is 207 g/mol. The SMILES string of the molecule is CCCNC(=O)COCc1ccccc1. The first-order valence-corrected chi connectivity index (χ1v) is 5.21. The first-order valence-electron chi connectivity index (χ1n) is 5.21. The van der Waals surface area contributed by atoms with E-state index >= 15 is 0 Å². The zero-order valence-corrected chi connectivity index (χ0v) is 9.03. The smallest absolute Gasteiger partial charge is 0.246 e. The molecule has 0 unspecified atom stereocenters. The van der Waals surface area contributed by atoms with E-state index < -0.39 is 0 Å². The van der Waals surface area contributed by atoms with E-state index in [1.54, 1.807) is 0 Å². The highest BCUT2D eigenvalue weighted by molar-refractivity contribution is 5.77. The Kier molecular flexibility index (Phi) is 5.48. The molecule has 0 saturated carbocycles. The van der Waals surface area contributed by atoms with Crippen LogP contribution in [0.2, 0.25) is 0 Å². The van der Waals surface area contributed by atoms with Crippen molar-refractivity contribution in [1.82, 2.24) is 5.32 Å². The van der Waals surface area contributed by atoms with Crippen molar-refractivity contribution in [3.05, 3.63) is 35.9 Å². The van der Waals surface area contributed by atoms with Crippen LogP contribution >= 0.6 is 0 Å². The van der Waals surface area contributed by atoms with Crippen LogP contribution in [0.5, 0.6) is 0 Å². The van der Waals surface area contributed by atoms with Crippen LogP contribution in [-0.2, 0) is 16.1 Å². The highest BCUT2D eigenvalue weighted by Crippen LogP contribution is 1.99. The van der Waals surface area contributed by atoms with Crippen molar-refractivity contribution in [3.8, 4) is 0 Å². The summed E-state index contributed by atoms with van der Waals surface area (Å²) in [4.78, 5) is 11.2. The molecule has 0 aromatic heterocycles. The Hall–Kier alpha value is -1.35. The third-order valence-electron chi connectivity index (χ3n) is 1.92. The lowest BCUT2D eigenvalue weighted by molar-refractivity contribution is -0.126. The van der Waals surface area contributed by atoms with Crippen LogP contribution in [0.1, 0.15) is 18.9 Å². The summed E-state index contributed by atoms with van der Waals surface area (Å²) >= 11 is 0. The molecule has 0 aliphatic rings. The fraction of sp³-hybridized carbons (Fsp3) is 0.417. The lowest BCUT2D eigenvalue weighted by Gasteiger charge is -2.04. The van der Waals surface area contributed by atoms with Gasteiger partial charge in [0.05, 0.1) is 6.61 Å². The molecule has 0 fully saturated rings. The van der Waals surface area contributed by atoms with Gasteiger partial charge in [-0.15, -0.1) is 0 Å². The first kappa shape index (κ1) is 11.7. The number of ether oxygens (including phenoxy) is 1. The Balaban J connectivity index is 2.14. The van der Waals surface area contributed by atoms with Gasteiger partial charge in [-0.3, -0.25) is 4.79 Å². The van der Waals surface area contributed by atoms with E-state index in [4.69, 9.17) is 4.74 Å². The van der Waals surface area contributed by atoms with E-state index in [2.05, 4.69) is 5.32 Å². The molecule has 0 heterocycles. The number of nitrogens with one attached hydrogen (secondary N) is 1. The molecular weight excluding hydrogens is 190 g/mol. The number of hydrogen-bond donors (Lipinski definition) is 1. The number of benzene rings is 1. The van der Waals surface area contributed by atoms with Gasteiger partial charge in [0, 0.05) is 6.54 Å². The standard InChI is InChI=1S/C12H17NO2/c1-2-8-13-12(14)10-15-9-11-6-4-3-5-7-11/h3-7H,2,8-10H2,1H3,(H,13,14). The normalized spacial score (nSPS) is 9.93. The molecule has 1 N–H and O–H groups in total. The maximum Gasteiger partial charge on any atom is 0.246 e. The van der Waals surface area contributed by atoms with E-state index in [0.717, 1.165) is 12.0 Å². The molecule has 15 heavy (non-hydrogen) atoms. The molecule has 0 aliphatic heterocycles. The molecule has 3 heteroatoms. The lowest BCUT2D eigenvalue weighted by atomic mass is 10.2. The van der Waals surface area contributed by atoms with Crippen molar-refractivity contribution >= 4 is 5.91 Å². The van der Waals surface area contributed by atoms with Gasteiger partial charge in [-0.05, 0) is 12.0 Å².